The van der Waals surface area contributed by atoms with Gasteiger partial charge in [0.1, 0.15) is 10.3 Å². The van der Waals surface area contributed by atoms with Crippen LogP contribution < -0.4 is 4.80 Å². The topological polar surface area (TPSA) is 71.7 Å². The lowest BCUT2D eigenvalue weighted by Crippen LogP contribution is -2.47. The van der Waals surface area contributed by atoms with Gasteiger partial charge in [-0.15, -0.1) is 11.3 Å². The van der Waals surface area contributed by atoms with E-state index in [0.29, 0.717) is 24.3 Å². The van der Waals surface area contributed by atoms with Crippen LogP contribution in [0.25, 0.3) is 10.2 Å². The van der Waals surface area contributed by atoms with Crippen molar-refractivity contribution in [3.8, 4) is 0 Å². The maximum absolute atomic E-state index is 13.2. The molecule has 1 aliphatic rings. The largest absolute Gasteiger partial charge is 0.317 e. The van der Waals surface area contributed by atoms with Gasteiger partial charge >= 0.3 is 0 Å². The molecule has 160 valence electrons. The fraction of sp³-hybridized carbons (Fsp3) is 0.429. The third-order valence-electron chi connectivity index (χ3n) is 5.43. The summed E-state index contributed by atoms with van der Waals surface area (Å²) >= 11 is 2.67. The number of carbonyl (C=O) groups is 1. The fourth-order valence-electron chi connectivity index (χ4n) is 4.04. The average Bonchev–Trinajstić information content (AvgIpc) is 3.36. The zero-order valence-corrected chi connectivity index (χ0v) is 19.7. The van der Waals surface area contributed by atoms with Crippen LogP contribution in [0.15, 0.2) is 38.8 Å². The van der Waals surface area contributed by atoms with Crippen LogP contribution in [0, 0.1) is 13.8 Å². The number of hydrogen-bond donors (Lipinski definition) is 0. The second kappa shape index (κ2) is 8.37. The van der Waals surface area contributed by atoms with Crippen molar-refractivity contribution >= 4 is 48.8 Å². The Labute approximate surface area is 184 Å². The van der Waals surface area contributed by atoms with Gasteiger partial charge in [-0.05, 0) is 62.3 Å². The van der Waals surface area contributed by atoms with E-state index in [0.717, 1.165) is 28.6 Å². The van der Waals surface area contributed by atoms with Gasteiger partial charge in [0.2, 0.25) is 0 Å². The first-order valence-electron chi connectivity index (χ1n) is 10.1. The molecule has 0 N–H and O–H groups in total. The molecule has 1 unspecified atom stereocenters. The molecule has 0 bridgehead atoms. The molecule has 6 nitrogen and oxygen atoms in total. The summed E-state index contributed by atoms with van der Waals surface area (Å²) in [6.07, 6.45) is 2.08. The van der Waals surface area contributed by atoms with E-state index in [2.05, 4.69) is 31.0 Å². The smallest absolute Gasteiger partial charge is 0.266 e. The van der Waals surface area contributed by atoms with Crippen LogP contribution in [-0.2, 0) is 21.4 Å². The lowest BCUT2D eigenvalue weighted by Gasteiger charge is -2.31. The molecule has 2 aromatic heterocycles. The summed E-state index contributed by atoms with van der Waals surface area (Å²) in [4.78, 5) is 18.3. The van der Waals surface area contributed by atoms with Crippen LogP contribution in [0.1, 0.15) is 37.3 Å². The van der Waals surface area contributed by atoms with Crippen LogP contribution in [0.5, 0.6) is 0 Å². The number of piperidine rings is 1. The van der Waals surface area contributed by atoms with Gasteiger partial charge in [-0.3, -0.25) is 4.79 Å². The standard InChI is InChI=1S/C21H25N3O3S3/c1-4-23-17-13-14(2)12-15(3)19(17)29-21(23)22-20(25)16-8-5-6-10-24(16)30(26,27)18-9-7-11-28-18/h7,9,11-13,16H,4-6,8,10H2,1-3H3. The normalized spacial score (nSPS) is 18.9. The number of carbonyl (C=O) groups excluding carboxylic acids is 1. The van der Waals surface area contributed by atoms with Gasteiger partial charge in [-0.1, -0.05) is 29.9 Å². The molecule has 0 aliphatic carbocycles. The van der Waals surface area contributed by atoms with E-state index in [1.807, 2.05) is 11.5 Å². The van der Waals surface area contributed by atoms with Crippen molar-refractivity contribution in [1.29, 1.82) is 0 Å². The molecule has 1 aliphatic heterocycles. The first kappa shape index (κ1) is 21.4. The molecule has 30 heavy (non-hydrogen) atoms. The van der Waals surface area contributed by atoms with Gasteiger partial charge in [-0.25, -0.2) is 8.42 Å². The van der Waals surface area contributed by atoms with Crippen molar-refractivity contribution < 1.29 is 13.2 Å². The summed E-state index contributed by atoms with van der Waals surface area (Å²) in [5, 5.41) is 1.74. The van der Waals surface area contributed by atoms with Crippen LogP contribution in [0.2, 0.25) is 0 Å². The molecule has 0 spiro atoms. The van der Waals surface area contributed by atoms with E-state index in [4.69, 9.17) is 0 Å². The van der Waals surface area contributed by atoms with Gasteiger partial charge < -0.3 is 4.57 Å². The van der Waals surface area contributed by atoms with Gasteiger partial charge in [0, 0.05) is 13.1 Å². The van der Waals surface area contributed by atoms with Gasteiger partial charge in [0.05, 0.1) is 10.2 Å². The number of aromatic nitrogens is 1. The monoisotopic (exact) mass is 463 g/mol. The van der Waals surface area contributed by atoms with Crippen LogP contribution in [-0.4, -0.2) is 35.8 Å². The molecule has 1 aromatic carbocycles. The molecule has 9 heteroatoms. The number of aryl methyl sites for hydroxylation is 3. The highest BCUT2D eigenvalue weighted by Crippen LogP contribution is 2.29. The first-order valence-corrected chi connectivity index (χ1v) is 13.2. The van der Waals surface area contributed by atoms with E-state index < -0.39 is 16.1 Å². The van der Waals surface area contributed by atoms with Gasteiger partial charge in [-0.2, -0.15) is 9.30 Å². The number of rotatable bonds is 4. The van der Waals surface area contributed by atoms with Crippen molar-refractivity contribution in [2.45, 2.75) is 56.8 Å². The fourth-order valence-corrected chi connectivity index (χ4v) is 7.96. The summed E-state index contributed by atoms with van der Waals surface area (Å²) in [5.74, 6) is -0.377. The summed E-state index contributed by atoms with van der Waals surface area (Å²) in [6.45, 7) is 7.19. The van der Waals surface area contributed by atoms with Crippen molar-refractivity contribution in [2.24, 2.45) is 4.99 Å². The Hall–Kier alpha value is -1.81. The predicted octanol–water partition coefficient (Wildman–Crippen LogP) is 4.07. The number of fused-ring (bicyclic) bond motifs is 1. The molecular formula is C21H25N3O3S3. The van der Waals surface area contributed by atoms with E-state index >= 15 is 0 Å². The summed E-state index contributed by atoms with van der Waals surface area (Å²) in [6, 6.07) is 6.80. The summed E-state index contributed by atoms with van der Waals surface area (Å²) in [7, 11) is -3.69. The Balaban J connectivity index is 1.77. The van der Waals surface area contributed by atoms with E-state index in [-0.39, 0.29) is 10.1 Å². The molecule has 1 amide bonds. The number of nitrogens with zero attached hydrogens (tertiary/aromatic N) is 3. The van der Waals surface area contributed by atoms with Crippen molar-refractivity contribution in [3.05, 3.63) is 45.6 Å². The lowest BCUT2D eigenvalue weighted by atomic mass is 10.0. The maximum Gasteiger partial charge on any atom is 0.266 e. The van der Waals surface area contributed by atoms with Crippen molar-refractivity contribution in [2.75, 3.05) is 6.54 Å². The predicted molar refractivity (Wildman–Crippen MR) is 121 cm³/mol. The van der Waals surface area contributed by atoms with E-state index in [1.165, 1.54) is 32.5 Å². The minimum atomic E-state index is -3.69. The molecule has 1 atom stereocenters. The molecular weight excluding hydrogens is 438 g/mol. The molecule has 0 saturated carbocycles. The molecule has 0 radical (unpaired) electrons. The zero-order valence-electron chi connectivity index (χ0n) is 17.3. The van der Waals surface area contributed by atoms with Gasteiger partial charge in [0.15, 0.2) is 4.80 Å². The summed E-state index contributed by atoms with van der Waals surface area (Å²) < 4.78 is 31.0. The van der Waals surface area contributed by atoms with E-state index in [1.54, 1.807) is 17.5 Å². The quantitative estimate of drug-likeness (QED) is 0.585. The Bertz CT molecular complexity index is 1250. The average molecular weight is 464 g/mol. The minimum absolute atomic E-state index is 0.277. The highest BCUT2D eigenvalue weighted by Gasteiger charge is 2.38. The number of thiophene rings is 1. The minimum Gasteiger partial charge on any atom is -0.317 e. The Morgan fingerprint density at radius 3 is 2.77 bits per heavy atom. The van der Waals surface area contributed by atoms with Crippen LogP contribution in [0.3, 0.4) is 0 Å². The third-order valence-corrected chi connectivity index (χ3v) is 9.94. The number of hydrogen-bond acceptors (Lipinski definition) is 5. The number of benzene rings is 1. The Morgan fingerprint density at radius 2 is 2.07 bits per heavy atom. The second-order valence-corrected chi connectivity index (χ2v) is 11.6. The zero-order chi connectivity index (χ0) is 21.5. The van der Waals surface area contributed by atoms with Crippen molar-refractivity contribution in [1.82, 2.24) is 8.87 Å². The lowest BCUT2D eigenvalue weighted by molar-refractivity contribution is -0.122. The highest BCUT2D eigenvalue weighted by molar-refractivity contribution is 7.91. The Kier molecular flexibility index (Phi) is 5.98. The molecule has 1 saturated heterocycles. The number of amides is 1. The molecule has 3 heterocycles. The molecule has 1 fully saturated rings. The SMILES string of the molecule is CCn1c(=NC(=O)C2CCCCN2S(=O)(=O)c2cccs2)sc2c(C)cc(C)cc21. The van der Waals surface area contributed by atoms with Crippen molar-refractivity contribution in [3.63, 3.8) is 0 Å². The number of thiazole rings is 1. The molecule has 4 rings (SSSR count). The van der Waals surface area contributed by atoms with E-state index in [9.17, 15) is 13.2 Å². The maximum atomic E-state index is 13.2. The van der Waals surface area contributed by atoms with Crippen LogP contribution >= 0.6 is 22.7 Å². The Morgan fingerprint density at radius 1 is 1.27 bits per heavy atom. The second-order valence-electron chi connectivity index (χ2n) is 7.57. The first-order chi connectivity index (χ1) is 14.3. The van der Waals surface area contributed by atoms with Crippen LogP contribution in [0.4, 0.5) is 0 Å². The third kappa shape index (κ3) is 3.79. The molecule has 3 aromatic rings. The van der Waals surface area contributed by atoms with Gasteiger partial charge in [0.25, 0.3) is 15.9 Å². The summed E-state index contributed by atoms with van der Waals surface area (Å²) in [5.41, 5.74) is 3.39. The highest BCUT2D eigenvalue weighted by atomic mass is 32.2. The number of sulfonamides is 1.